The molecule has 1 N–H and O–H groups in total. The van der Waals surface area contributed by atoms with E-state index in [4.69, 9.17) is 5.21 Å². The minimum absolute atomic E-state index is 0.123. The van der Waals surface area contributed by atoms with E-state index in [1.165, 1.54) is 6.08 Å². The van der Waals surface area contributed by atoms with Crippen LogP contribution in [0.2, 0.25) is 0 Å². The SMILES string of the molecule is [O-]/[N+](O)=C1\[C]C=CC=C1. The minimum Gasteiger partial charge on any atom is -0.417 e. The van der Waals surface area contributed by atoms with Crippen molar-refractivity contribution in [2.24, 2.45) is 0 Å². The zero-order valence-electron chi connectivity index (χ0n) is 4.61. The molecule has 0 heterocycles. The molecule has 9 heavy (non-hydrogen) atoms. The Bertz CT molecular complexity index is 187. The molecule has 0 bridgehead atoms. The number of allylic oxidation sites excluding steroid dienone is 4. The van der Waals surface area contributed by atoms with E-state index < -0.39 is 0 Å². The van der Waals surface area contributed by atoms with Gasteiger partial charge in [0.05, 0.1) is 0 Å². The highest BCUT2D eigenvalue weighted by Gasteiger charge is 2.06. The van der Waals surface area contributed by atoms with Crippen LogP contribution in [0, 0.1) is 11.6 Å². The molecule has 0 saturated carbocycles. The molecule has 1 rings (SSSR count). The van der Waals surface area contributed by atoms with E-state index >= 15 is 0 Å². The van der Waals surface area contributed by atoms with Crippen molar-refractivity contribution in [1.29, 1.82) is 0 Å². The minimum atomic E-state index is -0.222. The Balaban J connectivity index is 2.78. The van der Waals surface area contributed by atoms with Crippen molar-refractivity contribution in [3.05, 3.63) is 35.9 Å². The average molecular weight is 123 g/mol. The second-order valence-corrected chi connectivity index (χ2v) is 1.52. The quantitative estimate of drug-likeness (QED) is 0.290. The first-order valence-electron chi connectivity index (χ1n) is 2.43. The highest BCUT2D eigenvalue weighted by Crippen LogP contribution is 1.95. The van der Waals surface area contributed by atoms with Gasteiger partial charge >= 0.3 is 0 Å². The van der Waals surface area contributed by atoms with Gasteiger partial charge in [-0.25, -0.2) is 0 Å². The molecule has 0 aromatic carbocycles. The summed E-state index contributed by atoms with van der Waals surface area (Å²) < 4.78 is 0. The molecule has 0 spiro atoms. The Morgan fingerprint density at radius 2 is 2.33 bits per heavy atom. The topological polar surface area (TPSA) is 46.3 Å². The highest BCUT2D eigenvalue weighted by molar-refractivity contribution is 6.00. The van der Waals surface area contributed by atoms with Crippen LogP contribution in [0.3, 0.4) is 0 Å². The van der Waals surface area contributed by atoms with Crippen molar-refractivity contribution >= 4 is 5.71 Å². The smallest absolute Gasteiger partial charge is 0.257 e. The molecule has 0 fully saturated rings. The van der Waals surface area contributed by atoms with Gasteiger partial charge in [0, 0.05) is 11.0 Å². The number of nitrogens with zero attached hydrogens (tertiary/aromatic N) is 1. The van der Waals surface area contributed by atoms with Crippen molar-refractivity contribution in [1.82, 2.24) is 0 Å². The first-order chi connectivity index (χ1) is 4.30. The van der Waals surface area contributed by atoms with Crippen LogP contribution in [-0.4, -0.2) is 15.8 Å². The Labute approximate surface area is 52.8 Å². The fraction of sp³-hybridized carbons (Fsp3) is 0. The van der Waals surface area contributed by atoms with Crippen molar-refractivity contribution in [3.8, 4) is 0 Å². The van der Waals surface area contributed by atoms with Crippen LogP contribution in [0.5, 0.6) is 0 Å². The number of rotatable bonds is 0. The lowest BCUT2D eigenvalue weighted by molar-refractivity contribution is -0.725. The molecule has 3 heteroatoms. The standard InChI is InChI=1S/C6H5NO2/c8-7(9)6-4-2-1-3-5-6/h1-4H,(H,8,9). The summed E-state index contributed by atoms with van der Waals surface area (Å²) in [6.45, 7) is 0. The van der Waals surface area contributed by atoms with E-state index in [9.17, 15) is 5.21 Å². The Hall–Kier alpha value is -1.25. The van der Waals surface area contributed by atoms with Crippen LogP contribution in [0.25, 0.3) is 0 Å². The van der Waals surface area contributed by atoms with Gasteiger partial charge in [0.1, 0.15) is 6.42 Å². The van der Waals surface area contributed by atoms with Crippen molar-refractivity contribution in [3.63, 3.8) is 0 Å². The second-order valence-electron chi connectivity index (χ2n) is 1.52. The van der Waals surface area contributed by atoms with Crippen LogP contribution >= 0.6 is 0 Å². The van der Waals surface area contributed by atoms with E-state index in [2.05, 4.69) is 6.42 Å². The maximum Gasteiger partial charge on any atom is 0.257 e. The molecule has 0 aliphatic heterocycles. The molecular formula is C6H5NO2. The largest absolute Gasteiger partial charge is 0.417 e. The molecular weight excluding hydrogens is 118 g/mol. The molecule has 0 aromatic heterocycles. The summed E-state index contributed by atoms with van der Waals surface area (Å²) in [5.74, 6) is 0. The Morgan fingerprint density at radius 3 is 2.67 bits per heavy atom. The third kappa shape index (κ3) is 1.32. The zero-order valence-corrected chi connectivity index (χ0v) is 4.61. The summed E-state index contributed by atoms with van der Waals surface area (Å²) >= 11 is 0. The molecule has 46 valence electrons. The first-order valence-corrected chi connectivity index (χ1v) is 2.43. The molecule has 1 aliphatic carbocycles. The van der Waals surface area contributed by atoms with Gasteiger partial charge in [0.2, 0.25) is 0 Å². The molecule has 2 radical (unpaired) electrons. The van der Waals surface area contributed by atoms with E-state index in [1.807, 2.05) is 0 Å². The predicted molar refractivity (Wildman–Crippen MR) is 31.9 cm³/mol. The first kappa shape index (κ1) is 5.88. The molecule has 0 unspecified atom stereocenters. The summed E-state index contributed by atoms with van der Waals surface area (Å²) in [4.78, 5) is -0.222. The van der Waals surface area contributed by atoms with Gasteiger partial charge in [0.25, 0.3) is 5.71 Å². The van der Waals surface area contributed by atoms with Crippen LogP contribution in [0.1, 0.15) is 0 Å². The van der Waals surface area contributed by atoms with Crippen molar-refractivity contribution in [2.75, 3.05) is 0 Å². The lowest BCUT2D eigenvalue weighted by Crippen LogP contribution is -2.10. The molecule has 3 nitrogen and oxygen atoms in total. The van der Waals surface area contributed by atoms with Crippen molar-refractivity contribution < 1.29 is 10.1 Å². The summed E-state index contributed by atoms with van der Waals surface area (Å²) in [6.07, 6.45) is 8.91. The molecule has 1 aliphatic rings. The summed E-state index contributed by atoms with van der Waals surface area (Å²) in [7, 11) is 0. The third-order valence-electron chi connectivity index (χ3n) is 0.899. The maximum absolute atomic E-state index is 10.1. The Kier molecular flexibility index (Phi) is 1.53. The molecule has 0 saturated heterocycles. The molecule has 0 aromatic rings. The van der Waals surface area contributed by atoms with Gasteiger partial charge in [-0.15, -0.1) is 0 Å². The van der Waals surface area contributed by atoms with Gasteiger partial charge in [0.15, 0.2) is 0 Å². The lowest BCUT2D eigenvalue weighted by Gasteiger charge is -1.94. The summed E-state index contributed by atoms with van der Waals surface area (Å²) in [5.41, 5.74) is 0.123. The lowest BCUT2D eigenvalue weighted by atomic mass is 10.2. The predicted octanol–water partition coefficient (Wildman–Crippen LogP) is 0.534. The van der Waals surface area contributed by atoms with E-state index in [0.29, 0.717) is 0 Å². The monoisotopic (exact) mass is 123 g/mol. The van der Waals surface area contributed by atoms with Gasteiger partial charge < -0.3 is 5.21 Å². The zero-order chi connectivity index (χ0) is 6.69. The Morgan fingerprint density at radius 1 is 1.56 bits per heavy atom. The summed E-state index contributed by atoms with van der Waals surface area (Å²) in [6, 6.07) is 0. The fourth-order valence-electron chi connectivity index (χ4n) is 0.503. The summed E-state index contributed by atoms with van der Waals surface area (Å²) in [5, 5.41) is 18.4. The fourth-order valence-corrected chi connectivity index (χ4v) is 0.503. The van der Waals surface area contributed by atoms with Gasteiger partial charge in [-0.2, -0.15) is 0 Å². The molecule has 0 amide bonds. The third-order valence-corrected chi connectivity index (χ3v) is 0.899. The maximum atomic E-state index is 10.1. The average Bonchev–Trinajstić information content (AvgIpc) is 1.90. The van der Waals surface area contributed by atoms with E-state index in [1.54, 1.807) is 18.2 Å². The molecule has 0 atom stereocenters. The van der Waals surface area contributed by atoms with Crippen LogP contribution in [-0.2, 0) is 0 Å². The number of hydrogen-bond acceptors (Lipinski definition) is 2. The van der Waals surface area contributed by atoms with E-state index in [0.717, 1.165) is 0 Å². The van der Waals surface area contributed by atoms with Crippen LogP contribution in [0.4, 0.5) is 0 Å². The number of hydrogen-bond donors (Lipinski definition) is 1. The van der Waals surface area contributed by atoms with Crippen LogP contribution < -0.4 is 0 Å². The van der Waals surface area contributed by atoms with E-state index in [-0.39, 0.29) is 10.6 Å². The normalized spacial score (nSPS) is 22.2. The van der Waals surface area contributed by atoms with Crippen molar-refractivity contribution in [2.45, 2.75) is 0 Å². The van der Waals surface area contributed by atoms with Gasteiger partial charge in [-0.1, -0.05) is 18.2 Å². The van der Waals surface area contributed by atoms with Gasteiger partial charge in [-0.3, -0.25) is 5.21 Å². The van der Waals surface area contributed by atoms with Crippen LogP contribution in [0.15, 0.2) is 24.3 Å². The highest BCUT2D eigenvalue weighted by atomic mass is 16.8. The second kappa shape index (κ2) is 2.35. The van der Waals surface area contributed by atoms with Gasteiger partial charge in [-0.05, 0) is 0 Å².